The normalized spacial score (nSPS) is 29.4. The van der Waals surface area contributed by atoms with Crippen LogP contribution in [0.15, 0.2) is 0 Å². The second kappa shape index (κ2) is 5.83. The summed E-state index contributed by atoms with van der Waals surface area (Å²) in [5.41, 5.74) is 0. The molecule has 2 aliphatic heterocycles. The van der Waals surface area contributed by atoms with Gasteiger partial charge in [0, 0.05) is 31.6 Å². The largest absolute Gasteiger partial charge is 0.354 e. The minimum Gasteiger partial charge on any atom is -0.354 e. The highest BCUT2D eigenvalue weighted by Gasteiger charge is 2.34. The molecule has 0 aromatic carbocycles. The monoisotopic (exact) mass is 239 g/mol. The van der Waals surface area contributed by atoms with E-state index in [4.69, 9.17) is 0 Å². The summed E-state index contributed by atoms with van der Waals surface area (Å²) in [6.07, 6.45) is 3.28. The fraction of sp³-hybridized carbons (Fsp3) is 0.923. The lowest BCUT2D eigenvalue weighted by atomic mass is 9.92. The number of likely N-dealkylation sites (tertiary alicyclic amines) is 1. The first-order valence-corrected chi connectivity index (χ1v) is 6.91. The Balaban J connectivity index is 1.76. The van der Waals surface area contributed by atoms with E-state index in [0.29, 0.717) is 12.5 Å². The minimum absolute atomic E-state index is 0.188. The van der Waals surface area contributed by atoms with Crippen LogP contribution in [0.1, 0.15) is 33.1 Å². The summed E-state index contributed by atoms with van der Waals surface area (Å²) in [4.78, 5) is 14.1. The Kier molecular flexibility index (Phi) is 4.40. The summed E-state index contributed by atoms with van der Waals surface area (Å²) in [5, 5.41) is 6.43. The summed E-state index contributed by atoms with van der Waals surface area (Å²) in [5.74, 6) is 1.00. The van der Waals surface area contributed by atoms with E-state index in [-0.39, 0.29) is 11.9 Å². The molecule has 2 aliphatic rings. The third-order valence-electron chi connectivity index (χ3n) is 3.87. The van der Waals surface area contributed by atoms with Gasteiger partial charge in [0.25, 0.3) is 0 Å². The fourth-order valence-corrected chi connectivity index (χ4v) is 3.08. The number of carbonyl (C=O) groups is 1. The van der Waals surface area contributed by atoms with Crippen molar-refractivity contribution in [2.24, 2.45) is 5.92 Å². The topological polar surface area (TPSA) is 44.4 Å². The first-order valence-electron chi connectivity index (χ1n) is 6.91. The van der Waals surface area contributed by atoms with Crippen molar-refractivity contribution in [3.8, 4) is 0 Å². The lowest BCUT2D eigenvalue weighted by molar-refractivity contribution is -0.122. The van der Waals surface area contributed by atoms with Gasteiger partial charge in [-0.05, 0) is 45.7 Å². The summed E-state index contributed by atoms with van der Waals surface area (Å²) >= 11 is 0. The highest BCUT2D eigenvalue weighted by molar-refractivity contribution is 5.76. The highest BCUT2D eigenvalue weighted by Crippen LogP contribution is 2.26. The first kappa shape index (κ1) is 12.8. The zero-order valence-electron chi connectivity index (χ0n) is 11.0. The van der Waals surface area contributed by atoms with Gasteiger partial charge in [-0.3, -0.25) is 9.69 Å². The molecule has 2 saturated heterocycles. The number of amides is 1. The van der Waals surface area contributed by atoms with E-state index in [1.54, 1.807) is 0 Å². The Labute approximate surface area is 104 Å². The molecule has 0 radical (unpaired) electrons. The van der Waals surface area contributed by atoms with Crippen LogP contribution >= 0.6 is 0 Å². The molecule has 4 heteroatoms. The van der Waals surface area contributed by atoms with E-state index in [1.807, 2.05) is 13.8 Å². The predicted molar refractivity (Wildman–Crippen MR) is 68.9 cm³/mol. The number of nitrogens with one attached hydrogen (secondary N) is 2. The molecule has 98 valence electrons. The van der Waals surface area contributed by atoms with Crippen LogP contribution in [0.4, 0.5) is 0 Å². The van der Waals surface area contributed by atoms with Gasteiger partial charge in [-0.2, -0.15) is 0 Å². The molecule has 0 saturated carbocycles. The molecule has 17 heavy (non-hydrogen) atoms. The van der Waals surface area contributed by atoms with E-state index in [9.17, 15) is 4.79 Å². The summed E-state index contributed by atoms with van der Waals surface area (Å²) in [7, 11) is 0. The van der Waals surface area contributed by atoms with E-state index in [1.165, 1.54) is 19.4 Å². The van der Waals surface area contributed by atoms with Crippen molar-refractivity contribution in [2.75, 3.05) is 26.2 Å². The van der Waals surface area contributed by atoms with Crippen LogP contribution in [-0.2, 0) is 4.79 Å². The van der Waals surface area contributed by atoms with Gasteiger partial charge < -0.3 is 10.6 Å². The molecule has 0 spiro atoms. The quantitative estimate of drug-likeness (QED) is 0.754. The molecule has 1 amide bonds. The van der Waals surface area contributed by atoms with Crippen molar-refractivity contribution in [1.82, 2.24) is 15.5 Å². The number of rotatable bonds is 4. The maximum Gasteiger partial charge on any atom is 0.221 e. The molecular weight excluding hydrogens is 214 g/mol. The van der Waals surface area contributed by atoms with Crippen LogP contribution in [0.25, 0.3) is 0 Å². The number of nitrogens with zero attached hydrogens (tertiary/aromatic N) is 1. The number of fused-ring (bicyclic) bond motifs is 1. The molecule has 0 bridgehead atoms. The van der Waals surface area contributed by atoms with Gasteiger partial charge in [0.15, 0.2) is 0 Å². The zero-order valence-corrected chi connectivity index (χ0v) is 11.0. The van der Waals surface area contributed by atoms with Crippen molar-refractivity contribution < 1.29 is 4.79 Å². The van der Waals surface area contributed by atoms with Crippen molar-refractivity contribution in [3.05, 3.63) is 0 Å². The second-order valence-electron chi connectivity index (χ2n) is 5.64. The molecule has 2 atom stereocenters. The van der Waals surface area contributed by atoms with Gasteiger partial charge in [-0.25, -0.2) is 0 Å². The Morgan fingerprint density at radius 2 is 2.29 bits per heavy atom. The van der Waals surface area contributed by atoms with Crippen LogP contribution in [0.2, 0.25) is 0 Å². The smallest absolute Gasteiger partial charge is 0.221 e. The zero-order chi connectivity index (χ0) is 12.3. The Bertz CT molecular complexity index is 267. The predicted octanol–water partition coefficient (Wildman–Crippen LogP) is 0.585. The van der Waals surface area contributed by atoms with Crippen molar-refractivity contribution in [1.29, 1.82) is 0 Å². The van der Waals surface area contributed by atoms with E-state index in [2.05, 4.69) is 15.5 Å². The van der Waals surface area contributed by atoms with Crippen LogP contribution in [0.3, 0.4) is 0 Å². The molecule has 0 aromatic heterocycles. The average Bonchev–Trinajstić information content (AvgIpc) is 2.73. The molecular formula is C13H25N3O. The molecule has 0 aromatic rings. The van der Waals surface area contributed by atoms with Gasteiger partial charge >= 0.3 is 0 Å². The lowest BCUT2D eigenvalue weighted by Gasteiger charge is -2.36. The third-order valence-corrected chi connectivity index (χ3v) is 3.87. The maximum atomic E-state index is 11.6. The molecule has 2 fully saturated rings. The van der Waals surface area contributed by atoms with Gasteiger partial charge in [-0.1, -0.05) is 0 Å². The van der Waals surface area contributed by atoms with Crippen molar-refractivity contribution >= 4 is 5.91 Å². The van der Waals surface area contributed by atoms with Gasteiger partial charge in [0.2, 0.25) is 5.91 Å². The van der Waals surface area contributed by atoms with E-state index < -0.39 is 0 Å². The average molecular weight is 239 g/mol. The Hall–Kier alpha value is -0.610. The van der Waals surface area contributed by atoms with Crippen LogP contribution < -0.4 is 10.6 Å². The highest BCUT2D eigenvalue weighted by atomic mass is 16.1. The summed E-state index contributed by atoms with van der Waals surface area (Å²) < 4.78 is 0. The lowest BCUT2D eigenvalue weighted by Crippen LogP contribution is -2.46. The maximum absolute atomic E-state index is 11.6. The van der Waals surface area contributed by atoms with Crippen LogP contribution in [0.5, 0.6) is 0 Å². The molecule has 2 N–H and O–H groups in total. The number of piperidine rings is 1. The van der Waals surface area contributed by atoms with Crippen LogP contribution in [-0.4, -0.2) is 49.1 Å². The SMILES string of the molecule is CC(C)NC(=O)CCN1CCCC2CNCC21. The Morgan fingerprint density at radius 3 is 3.06 bits per heavy atom. The number of carbonyl (C=O) groups excluding carboxylic acids is 1. The fourth-order valence-electron chi connectivity index (χ4n) is 3.08. The van der Waals surface area contributed by atoms with Gasteiger partial charge in [0.05, 0.1) is 0 Å². The molecule has 2 heterocycles. The molecule has 2 rings (SSSR count). The van der Waals surface area contributed by atoms with Crippen molar-refractivity contribution in [3.63, 3.8) is 0 Å². The van der Waals surface area contributed by atoms with Crippen LogP contribution in [0, 0.1) is 5.92 Å². The standard InChI is InChI=1S/C13H25N3O/c1-10(2)15-13(17)5-7-16-6-3-4-11-8-14-9-12(11)16/h10-12,14H,3-9H2,1-2H3,(H,15,17). The number of hydrogen-bond donors (Lipinski definition) is 2. The van der Waals surface area contributed by atoms with E-state index in [0.717, 1.165) is 25.6 Å². The van der Waals surface area contributed by atoms with E-state index >= 15 is 0 Å². The second-order valence-corrected chi connectivity index (χ2v) is 5.64. The molecule has 2 unspecified atom stereocenters. The summed E-state index contributed by atoms with van der Waals surface area (Å²) in [6, 6.07) is 0.931. The van der Waals surface area contributed by atoms with Crippen molar-refractivity contribution in [2.45, 2.75) is 45.2 Å². The molecule has 0 aliphatic carbocycles. The minimum atomic E-state index is 0.188. The third kappa shape index (κ3) is 3.42. The Morgan fingerprint density at radius 1 is 1.47 bits per heavy atom. The summed E-state index contributed by atoms with van der Waals surface area (Å²) in [6.45, 7) is 8.38. The number of hydrogen-bond acceptors (Lipinski definition) is 3. The van der Waals surface area contributed by atoms with Gasteiger partial charge in [0.1, 0.15) is 0 Å². The molecule has 4 nitrogen and oxygen atoms in total. The van der Waals surface area contributed by atoms with Gasteiger partial charge in [-0.15, -0.1) is 0 Å². The first-order chi connectivity index (χ1) is 8.16.